The van der Waals surface area contributed by atoms with Crippen LogP contribution >= 0.6 is 0 Å². The highest BCUT2D eigenvalue weighted by Gasteiger charge is 2.26. The van der Waals surface area contributed by atoms with Crippen molar-refractivity contribution in [3.63, 3.8) is 0 Å². The van der Waals surface area contributed by atoms with E-state index in [1.807, 2.05) is 7.05 Å². The van der Waals surface area contributed by atoms with Crippen LogP contribution in [0.15, 0.2) is 35.3 Å². The van der Waals surface area contributed by atoms with E-state index in [1.165, 1.54) is 5.69 Å². The summed E-state index contributed by atoms with van der Waals surface area (Å²) in [6.07, 6.45) is 0.153. The molecule has 0 saturated carbocycles. The minimum absolute atomic E-state index is 0.104. The number of rotatable bonds is 4. The third-order valence-electron chi connectivity index (χ3n) is 4.61. The largest absolute Gasteiger partial charge is 0.379 e. The van der Waals surface area contributed by atoms with E-state index < -0.39 is 0 Å². The monoisotopic (exact) mass is 332 g/mol. The first-order valence-electron chi connectivity index (χ1n) is 8.74. The van der Waals surface area contributed by atoms with Gasteiger partial charge < -0.3 is 19.9 Å². The number of ether oxygens (including phenoxy) is 1. The van der Waals surface area contributed by atoms with E-state index in [2.05, 4.69) is 71.2 Å². The van der Waals surface area contributed by atoms with Gasteiger partial charge in [-0.05, 0) is 17.5 Å². The van der Waals surface area contributed by atoms with Crippen LogP contribution in [0.2, 0.25) is 0 Å². The van der Waals surface area contributed by atoms with Gasteiger partial charge in [-0.3, -0.25) is 4.99 Å². The van der Waals surface area contributed by atoms with Crippen LogP contribution in [-0.4, -0.2) is 63.8 Å². The van der Waals surface area contributed by atoms with Crippen molar-refractivity contribution in [3.05, 3.63) is 30.3 Å². The van der Waals surface area contributed by atoms with Crippen molar-refractivity contribution >= 4 is 11.6 Å². The second kappa shape index (κ2) is 8.38. The van der Waals surface area contributed by atoms with Crippen LogP contribution in [0.3, 0.4) is 0 Å². The normalized spacial score (nSPS) is 17.8. The maximum Gasteiger partial charge on any atom is 0.193 e. The number of hydrogen-bond donors (Lipinski definition) is 1. The fraction of sp³-hybridized carbons (Fsp3) is 0.632. The lowest BCUT2D eigenvalue weighted by molar-refractivity contribution is 0.0201. The molecular formula is C19H32N4O. The molecule has 0 aromatic heterocycles. The summed E-state index contributed by atoms with van der Waals surface area (Å²) >= 11 is 0. The molecule has 1 unspecified atom stereocenters. The molecule has 1 N–H and O–H groups in total. The fourth-order valence-electron chi connectivity index (χ4n) is 3.07. The third-order valence-corrected chi connectivity index (χ3v) is 4.61. The summed E-state index contributed by atoms with van der Waals surface area (Å²) in [4.78, 5) is 9.21. The first-order chi connectivity index (χ1) is 11.5. The van der Waals surface area contributed by atoms with Gasteiger partial charge in [0.05, 0.1) is 6.10 Å². The summed E-state index contributed by atoms with van der Waals surface area (Å²) in [5.74, 6) is 0.967. The average Bonchev–Trinajstić information content (AvgIpc) is 2.59. The van der Waals surface area contributed by atoms with Gasteiger partial charge in [0, 0.05) is 52.6 Å². The van der Waals surface area contributed by atoms with Crippen molar-refractivity contribution in [3.8, 4) is 0 Å². The highest BCUT2D eigenvalue weighted by Crippen LogP contribution is 2.21. The number of hydrogen-bond acceptors (Lipinski definition) is 3. The van der Waals surface area contributed by atoms with Gasteiger partial charge in [0.2, 0.25) is 0 Å². The lowest BCUT2D eigenvalue weighted by atomic mass is 9.89. The number of guanidine groups is 1. The van der Waals surface area contributed by atoms with Crippen LogP contribution in [0.25, 0.3) is 0 Å². The Labute approximate surface area is 146 Å². The summed E-state index contributed by atoms with van der Waals surface area (Å²) in [7, 11) is 3.63. The summed E-state index contributed by atoms with van der Waals surface area (Å²) < 4.78 is 5.63. The number of methoxy groups -OCH3 is 1. The smallest absolute Gasteiger partial charge is 0.193 e. The standard InChI is InChI=1S/C19H32N4O/c1-19(2,3)17(24-5)15-21-18(20-4)23-13-11-22(12-14-23)16-9-7-6-8-10-16/h6-10,17H,11-15H2,1-5H3,(H,20,21). The predicted octanol–water partition coefficient (Wildman–Crippen LogP) is 2.45. The van der Waals surface area contributed by atoms with Gasteiger partial charge in [-0.2, -0.15) is 0 Å². The van der Waals surface area contributed by atoms with Crippen molar-refractivity contribution in [2.45, 2.75) is 26.9 Å². The SMILES string of the molecule is CN=C(NCC(OC)C(C)(C)C)N1CCN(c2ccccc2)CC1. The van der Waals surface area contributed by atoms with Crippen molar-refractivity contribution in [1.29, 1.82) is 0 Å². The van der Waals surface area contributed by atoms with Crippen molar-refractivity contribution in [2.75, 3.05) is 51.8 Å². The molecule has 1 aliphatic heterocycles. The predicted molar refractivity (Wildman–Crippen MR) is 102 cm³/mol. The molecule has 5 heteroatoms. The summed E-state index contributed by atoms with van der Waals surface area (Å²) in [6, 6.07) is 10.6. The molecule has 0 bridgehead atoms. The summed E-state index contributed by atoms with van der Waals surface area (Å²) in [5, 5.41) is 3.48. The molecule has 1 saturated heterocycles. The van der Waals surface area contributed by atoms with E-state index >= 15 is 0 Å². The molecule has 5 nitrogen and oxygen atoms in total. The van der Waals surface area contributed by atoms with Crippen LogP contribution in [0, 0.1) is 5.41 Å². The second-order valence-corrected chi connectivity index (χ2v) is 7.33. The number of para-hydroxylation sites is 1. The molecule has 1 aliphatic rings. The van der Waals surface area contributed by atoms with Gasteiger partial charge in [0.1, 0.15) is 0 Å². The van der Waals surface area contributed by atoms with Crippen LogP contribution in [0.5, 0.6) is 0 Å². The van der Waals surface area contributed by atoms with E-state index in [-0.39, 0.29) is 11.5 Å². The minimum atomic E-state index is 0.104. The number of nitrogens with zero attached hydrogens (tertiary/aromatic N) is 3. The molecule has 1 aromatic rings. The molecule has 1 atom stereocenters. The van der Waals surface area contributed by atoms with E-state index in [0.717, 1.165) is 38.7 Å². The van der Waals surface area contributed by atoms with E-state index in [1.54, 1.807) is 7.11 Å². The van der Waals surface area contributed by atoms with Gasteiger partial charge in [-0.25, -0.2) is 0 Å². The number of anilines is 1. The van der Waals surface area contributed by atoms with Gasteiger partial charge in [0.25, 0.3) is 0 Å². The highest BCUT2D eigenvalue weighted by atomic mass is 16.5. The molecule has 1 aromatic carbocycles. The maximum absolute atomic E-state index is 5.63. The van der Waals surface area contributed by atoms with E-state index in [9.17, 15) is 0 Å². The zero-order valence-corrected chi connectivity index (χ0v) is 15.7. The zero-order chi connectivity index (χ0) is 17.6. The minimum Gasteiger partial charge on any atom is -0.379 e. The molecule has 0 spiro atoms. The van der Waals surface area contributed by atoms with E-state index in [4.69, 9.17) is 4.74 Å². The first-order valence-corrected chi connectivity index (χ1v) is 8.74. The Bertz CT molecular complexity index is 516. The summed E-state index contributed by atoms with van der Waals surface area (Å²) in [5.41, 5.74) is 1.40. The molecular weight excluding hydrogens is 300 g/mol. The summed E-state index contributed by atoms with van der Waals surface area (Å²) in [6.45, 7) is 11.3. The Morgan fingerprint density at radius 1 is 1.17 bits per heavy atom. The topological polar surface area (TPSA) is 40.1 Å². The number of nitrogens with one attached hydrogen (secondary N) is 1. The Hall–Kier alpha value is -1.75. The lowest BCUT2D eigenvalue weighted by Crippen LogP contribution is -2.54. The third kappa shape index (κ3) is 4.87. The van der Waals surface area contributed by atoms with E-state index in [0.29, 0.717) is 0 Å². The number of piperazine rings is 1. The molecule has 0 aliphatic carbocycles. The Balaban J connectivity index is 1.87. The quantitative estimate of drug-likeness (QED) is 0.679. The van der Waals surface area contributed by atoms with Crippen LogP contribution in [0.1, 0.15) is 20.8 Å². The molecule has 2 rings (SSSR count). The van der Waals surface area contributed by atoms with Crippen LogP contribution in [-0.2, 0) is 4.74 Å². The van der Waals surface area contributed by atoms with Crippen molar-refractivity contribution < 1.29 is 4.74 Å². The lowest BCUT2D eigenvalue weighted by Gasteiger charge is -2.38. The van der Waals surface area contributed by atoms with Gasteiger partial charge in [0.15, 0.2) is 5.96 Å². The molecule has 1 fully saturated rings. The average molecular weight is 332 g/mol. The molecule has 1 heterocycles. The molecule has 24 heavy (non-hydrogen) atoms. The number of benzene rings is 1. The molecule has 0 amide bonds. The Morgan fingerprint density at radius 3 is 2.29 bits per heavy atom. The highest BCUT2D eigenvalue weighted by molar-refractivity contribution is 5.80. The number of aliphatic imine (C=N–C) groups is 1. The Kier molecular flexibility index (Phi) is 6.49. The van der Waals surface area contributed by atoms with Gasteiger partial charge in [-0.15, -0.1) is 0 Å². The molecule has 0 radical (unpaired) electrons. The Morgan fingerprint density at radius 2 is 1.79 bits per heavy atom. The first kappa shape index (κ1) is 18.6. The van der Waals surface area contributed by atoms with Crippen LogP contribution in [0.4, 0.5) is 5.69 Å². The fourth-order valence-corrected chi connectivity index (χ4v) is 3.07. The van der Waals surface area contributed by atoms with Crippen molar-refractivity contribution in [2.24, 2.45) is 10.4 Å². The van der Waals surface area contributed by atoms with Crippen LogP contribution < -0.4 is 10.2 Å². The second-order valence-electron chi connectivity index (χ2n) is 7.33. The zero-order valence-electron chi connectivity index (χ0n) is 15.7. The molecule has 134 valence electrons. The van der Waals surface area contributed by atoms with Gasteiger partial charge in [-0.1, -0.05) is 39.0 Å². The van der Waals surface area contributed by atoms with Gasteiger partial charge >= 0.3 is 0 Å². The maximum atomic E-state index is 5.63. The van der Waals surface area contributed by atoms with Crippen molar-refractivity contribution in [1.82, 2.24) is 10.2 Å².